The largest absolute Gasteiger partial charge is 0.508 e. The fourth-order valence-corrected chi connectivity index (χ4v) is 5.64. The number of nitrogens with one attached hydrogen (secondary N) is 2. The maximum Gasteiger partial charge on any atom is 0.332 e. The quantitative estimate of drug-likeness (QED) is 0.280. The summed E-state index contributed by atoms with van der Waals surface area (Å²) in [5.41, 5.74) is 2.78. The lowest BCUT2D eigenvalue weighted by Crippen LogP contribution is -2.57. The molecule has 0 bridgehead atoms. The van der Waals surface area contributed by atoms with E-state index >= 15 is 0 Å². The van der Waals surface area contributed by atoms with Crippen LogP contribution >= 0.6 is 0 Å². The van der Waals surface area contributed by atoms with Crippen LogP contribution in [0.1, 0.15) is 30.5 Å². The number of nitrogens with zero attached hydrogens (tertiary/aromatic N) is 3. The van der Waals surface area contributed by atoms with Gasteiger partial charge in [-0.1, -0.05) is 84.9 Å². The molecule has 1 aliphatic heterocycles. The van der Waals surface area contributed by atoms with Crippen molar-refractivity contribution in [2.75, 3.05) is 19.6 Å². The molecular formula is C35H39N5O4. The van der Waals surface area contributed by atoms with Gasteiger partial charge in [-0.3, -0.25) is 14.6 Å². The number of hydrogen-bond acceptors (Lipinski definition) is 5. The van der Waals surface area contributed by atoms with Crippen molar-refractivity contribution < 1.29 is 19.5 Å². The van der Waals surface area contributed by atoms with Gasteiger partial charge in [0.25, 0.3) is 0 Å². The second-order valence-corrected chi connectivity index (χ2v) is 11.4. The summed E-state index contributed by atoms with van der Waals surface area (Å²) < 4.78 is 0. The predicted octanol–water partition coefficient (Wildman–Crippen LogP) is 4.45. The zero-order valence-corrected chi connectivity index (χ0v) is 25.1. The minimum absolute atomic E-state index is 0.0849. The Morgan fingerprint density at radius 3 is 2.36 bits per heavy atom. The van der Waals surface area contributed by atoms with Gasteiger partial charge in [0.2, 0.25) is 11.8 Å². The summed E-state index contributed by atoms with van der Waals surface area (Å²) in [6.07, 6.45) is 0.266. The van der Waals surface area contributed by atoms with Crippen LogP contribution in [0.4, 0.5) is 4.79 Å². The van der Waals surface area contributed by atoms with Crippen LogP contribution < -0.4 is 10.6 Å². The van der Waals surface area contributed by atoms with Crippen molar-refractivity contribution >= 4 is 28.6 Å². The fraction of sp³-hybridized carbons (Fsp3) is 0.286. The minimum atomic E-state index is -0.818. The molecule has 44 heavy (non-hydrogen) atoms. The molecule has 0 aromatic heterocycles. The maximum atomic E-state index is 14.2. The standard InChI is InChI=1S/C35H39N5O4/c1-25(2)40(35(44)36-22-27-9-4-3-5-10-27)39-20-19-38(23-29-13-8-12-28-11-6-7-14-31(28)29)34(43)32(37-33(42)24-39)21-26-15-17-30(41)18-16-26/h3-18,25,32,41H,19-24H2,1-2H3,(H,36,44)(H,37,42)/t32-/m0/s1. The summed E-state index contributed by atoms with van der Waals surface area (Å²) in [4.78, 5) is 42.9. The lowest BCUT2D eigenvalue weighted by atomic mass is 10.0. The molecule has 1 atom stereocenters. The zero-order valence-electron chi connectivity index (χ0n) is 25.1. The van der Waals surface area contributed by atoms with Crippen LogP contribution in [-0.2, 0) is 29.1 Å². The number of phenols is 1. The molecule has 4 amide bonds. The highest BCUT2D eigenvalue weighted by Crippen LogP contribution is 2.22. The molecule has 0 saturated carbocycles. The van der Waals surface area contributed by atoms with E-state index in [1.807, 2.05) is 86.6 Å². The third kappa shape index (κ3) is 7.54. The molecule has 0 radical (unpaired) electrons. The van der Waals surface area contributed by atoms with E-state index in [1.54, 1.807) is 39.2 Å². The number of hydrogen-bond donors (Lipinski definition) is 3. The summed E-state index contributed by atoms with van der Waals surface area (Å²) in [7, 11) is 0. The van der Waals surface area contributed by atoms with E-state index < -0.39 is 6.04 Å². The van der Waals surface area contributed by atoms with Crippen LogP contribution in [0.15, 0.2) is 97.1 Å². The Morgan fingerprint density at radius 1 is 0.909 bits per heavy atom. The van der Waals surface area contributed by atoms with E-state index in [0.717, 1.165) is 27.5 Å². The topological polar surface area (TPSA) is 105 Å². The van der Waals surface area contributed by atoms with Gasteiger partial charge in [-0.2, -0.15) is 0 Å². The molecular weight excluding hydrogens is 554 g/mol. The number of phenolic OH excluding ortho intramolecular Hbond substituents is 1. The van der Waals surface area contributed by atoms with Crippen molar-refractivity contribution in [1.82, 2.24) is 25.6 Å². The summed E-state index contributed by atoms with van der Waals surface area (Å²) >= 11 is 0. The first kappa shape index (κ1) is 30.6. The van der Waals surface area contributed by atoms with E-state index in [0.29, 0.717) is 19.6 Å². The Balaban J connectivity index is 1.43. The van der Waals surface area contributed by atoms with Crippen LogP contribution in [0.25, 0.3) is 10.8 Å². The van der Waals surface area contributed by atoms with E-state index in [2.05, 4.69) is 10.6 Å². The zero-order chi connectivity index (χ0) is 31.1. The van der Waals surface area contributed by atoms with E-state index in [-0.39, 0.29) is 49.1 Å². The Morgan fingerprint density at radius 2 is 1.61 bits per heavy atom. The monoisotopic (exact) mass is 593 g/mol. The van der Waals surface area contributed by atoms with Crippen LogP contribution in [-0.4, -0.2) is 69.6 Å². The third-order valence-electron chi connectivity index (χ3n) is 7.80. The highest BCUT2D eigenvalue weighted by molar-refractivity contribution is 5.90. The van der Waals surface area contributed by atoms with Crippen LogP contribution in [0.2, 0.25) is 0 Å². The Bertz CT molecular complexity index is 1590. The molecule has 4 aromatic rings. The molecule has 0 unspecified atom stereocenters. The van der Waals surface area contributed by atoms with E-state index in [1.165, 1.54) is 0 Å². The molecule has 1 aliphatic rings. The molecule has 1 saturated heterocycles. The average Bonchev–Trinajstić information content (AvgIpc) is 3.07. The highest BCUT2D eigenvalue weighted by atomic mass is 16.3. The first-order chi connectivity index (χ1) is 21.3. The first-order valence-electron chi connectivity index (χ1n) is 15.0. The van der Waals surface area contributed by atoms with Crippen molar-refractivity contribution in [1.29, 1.82) is 0 Å². The lowest BCUT2D eigenvalue weighted by Gasteiger charge is -2.37. The maximum absolute atomic E-state index is 14.2. The molecule has 3 N–H and O–H groups in total. The van der Waals surface area contributed by atoms with Crippen molar-refractivity contribution in [3.05, 3.63) is 114 Å². The van der Waals surface area contributed by atoms with Crippen molar-refractivity contribution in [2.45, 2.75) is 45.4 Å². The molecule has 9 nitrogen and oxygen atoms in total. The molecule has 9 heteroatoms. The van der Waals surface area contributed by atoms with E-state index in [9.17, 15) is 19.5 Å². The third-order valence-corrected chi connectivity index (χ3v) is 7.80. The number of urea groups is 1. The van der Waals surface area contributed by atoms with Crippen molar-refractivity contribution in [2.24, 2.45) is 0 Å². The van der Waals surface area contributed by atoms with Gasteiger partial charge in [-0.25, -0.2) is 9.80 Å². The van der Waals surface area contributed by atoms with Gasteiger partial charge in [0.05, 0.1) is 6.54 Å². The molecule has 0 aliphatic carbocycles. The number of hydrazine groups is 1. The van der Waals surface area contributed by atoms with Gasteiger partial charge < -0.3 is 20.6 Å². The first-order valence-corrected chi connectivity index (χ1v) is 15.0. The van der Waals surface area contributed by atoms with Crippen molar-refractivity contribution in [3.8, 4) is 5.75 Å². The number of carbonyl (C=O) groups excluding carboxylic acids is 3. The van der Waals surface area contributed by atoms with E-state index in [4.69, 9.17) is 0 Å². The lowest BCUT2D eigenvalue weighted by molar-refractivity contribution is -0.136. The second kappa shape index (κ2) is 14.1. The van der Waals surface area contributed by atoms with Gasteiger partial charge in [0.1, 0.15) is 11.8 Å². The average molecular weight is 594 g/mol. The number of benzene rings is 4. The van der Waals surface area contributed by atoms with Gasteiger partial charge in [-0.05, 0) is 53.4 Å². The normalized spacial score (nSPS) is 16.2. The van der Waals surface area contributed by atoms with Gasteiger partial charge in [-0.15, -0.1) is 0 Å². The molecule has 1 fully saturated rings. The number of fused-ring (bicyclic) bond motifs is 1. The highest BCUT2D eigenvalue weighted by Gasteiger charge is 2.33. The van der Waals surface area contributed by atoms with Crippen LogP contribution in [0, 0.1) is 0 Å². The second-order valence-electron chi connectivity index (χ2n) is 11.4. The molecule has 5 rings (SSSR count). The summed E-state index contributed by atoms with van der Waals surface area (Å²) in [6.45, 7) is 5.00. The van der Waals surface area contributed by atoms with Gasteiger partial charge in [0.15, 0.2) is 0 Å². The Hall–Kier alpha value is -4.89. The number of rotatable bonds is 8. The fourth-order valence-electron chi connectivity index (χ4n) is 5.64. The van der Waals surface area contributed by atoms with Gasteiger partial charge in [0, 0.05) is 38.6 Å². The van der Waals surface area contributed by atoms with Crippen molar-refractivity contribution in [3.63, 3.8) is 0 Å². The Labute approximate surface area is 258 Å². The predicted molar refractivity (Wildman–Crippen MR) is 170 cm³/mol. The SMILES string of the molecule is CC(C)N(C(=O)NCc1ccccc1)N1CCN(Cc2cccc3ccccc23)C(=O)[C@H](Cc2ccc(O)cc2)NC(=O)C1. The molecule has 0 spiro atoms. The van der Waals surface area contributed by atoms with Crippen LogP contribution in [0.5, 0.6) is 5.75 Å². The minimum Gasteiger partial charge on any atom is -0.508 e. The molecule has 4 aromatic carbocycles. The summed E-state index contributed by atoms with van der Waals surface area (Å²) in [5.74, 6) is -0.424. The number of aromatic hydroxyl groups is 1. The molecule has 228 valence electrons. The summed E-state index contributed by atoms with van der Waals surface area (Å²) in [6, 6.07) is 29.0. The molecule has 1 heterocycles. The van der Waals surface area contributed by atoms with Crippen LogP contribution in [0.3, 0.4) is 0 Å². The number of amides is 4. The number of carbonyl (C=O) groups is 3. The summed E-state index contributed by atoms with van der Waals surface area (Å²) in [5, 5.41) is 21.1. The Kier molecular flexibility index (Phi) is 9.76. The smallest absolute Gasteiger partial charge is 0.332 e. The van der Waals surface area contributed by atoms with Gasteiger partial charge >= 0.3 is 6.03 Å².